The first-order valence-electron chi connectivity index (χ1n) is 4.53. The van der Waals surface area contributed by atoms with E-state index in [0.29, 0.717) is 17.5 Å². The van der Waals surface area contributed by atoms with Crippen molar-refractivity contribution < 1.29 is 4.79 Å². The molecule has 1 heterocycles. The summed E-state index contributed by atoms with van der Waals surface area (Å²) in [6.07, 6.45) is 3.65. The van der Waals surface area contributed by atoms with Gasteiger partial charge in [-0.25, -0.2) is 9.78 Å². The van der Waals surface area contributed by atoms with E-state index in [1.807, 2.05) is 0 Å². The molecule has 0 atom stereocenters. The normalized spacial score (nSPS) is 14.9. The molecule has 0 spiro atoms. The van der Waals surface area contributed by atoms with Crippen molar-refractivity contribution in [3.8, 4) is 0 Å². The van der Waals surface area contributed by atoms with Gasteiger partial charge in [-0.2, -0.15) is 0 Å². The highest BCUT2D eigenvalue weighted by molar-refractivity contribution is 5.88. The van der Waals surface area contributed by atoms with Crippen molar-refractivity contribution in [1.82, 2.24) is 10.3 Å². The number of aromatic nitrogens is 1. The van der Waals surface area contributed by atoms with Crippen LogP contribution in [0.2, 0.25) is 0 Å². The van der Waals surface area contributed by atoms with Crippen molar-refractivity contribution in [3.05, 3.63) is 18.3 Å². The highest BCUT2D eigenvalue weighted by Crippen LogP contribution is 2.18. The fraction of sp³-hybridized carbons (Fsp3) is 0.333. The molecule has 4 N–H and O–H groups in total. The topological polar surface area (TPSA) is 80.0 Å². The number of anilines is 2. The lowest BCUT2D eigenvalue weighted by atomic mass is 10.4. The molecule has 5 heteroatoms. The molecule has 0 radical (unpaired) electrons. The smallest absolute Gasteiger partial charge is 0.320 e. The summed E-state index contributed by atoms with van der Waals surface area (Å²) in [7, 11) is 0. The average Bonchev–Trinajstić information content (AvgIpc) is 2.93. The molecule has 1 aliphatic carbocycles. The van der Waals surface area contributed by atoms with Crippen LogP contribution in [0.25, 0.3) is 0 Å². The van der Waals surface area contributed by atoms with E-state index in [-0.39, 0.29) is 6.03 Å². The minimum absolute atomic E-state index is 0.204. The van der Waals surface area contributed by atoms with Gasteiger partial charge in [0.15, 0.2) is 0 Å². The van der Waals surface area contributed by atoms with Gasteiger partial charge in [-0.05, 0) is 25.0 Å². The van der Waals surface area contributed by atoms with Gasteiger partial charge in [0.2, 0.25) is 0 Å². The van der Waals surface area contributed by atoms with Crippen LogP contribution in [-0.2, 0) is 0 Å². The highest BCUT2D eigenvalue weighted by atomic mass is 16.2. The van der Waals surface area contributed by atoms with Crippen LogP contribution < -0.4 is 16.4 Å². The first-order chi connectivity index (χ1) is 6.74. The lowest BCUT2D eigenvalue weighted by Gasteiger charge is -2.05. The van der Waals surface area contributed by atoms with Gasteiger partial charge in [-0.3, -0.25) is 5.32 Å². The third-order valence-corrected chi connectivity index (χ3v) is 1.94. The van der Waals surface area contributed by atoms with Crippen molar-refractivity contribution in [2.24, 2.45) is 0 Å². The first kappa shape index (κ1) is 8.80. The number of carbonyl (C=O) groups excluding carboxylic acids is 1. The van der Waals surface area contributed by atoms with Crippen LogP contribution in [0.15, 0.2) is 18.3 Å². The summed E-state index contributed by atoms with van der Waals surface area (Å²) in [4.78, 5) is 15.2. The lowest BCUT2D eigenvalue weighted by Crippen LogP contribution is -2.30. The fourth-order valence-electron chi connectivity index (χ4n) is 1.04. The van der Waals surface area contributed by atoms with Gasteiger partial charge in [0, 0.05) is 6.04 Å². The predicted octanol–water partition coefficient (Wildman–Crippen LogP) is 0.948. The summed E-state index contributed by atoms with van der Waals surface area (Å²) >= 11 is 0. The first-order valence-corrected chi connectivity index (χ1v) is 4.53. The number of nitrogens with two attached hydrogens (primary N) is 1. The standard InChI is InChI=1S/C9H12N4O/c10-6-1-4-8(11-5-6)13-9(14)12-7-2-3-7/h1,4-5,7H,2-3,10H2,(H2,11,12,13,14). The molecule has 5 nitrogen and oxygen atoms in total. The Hall–Kier alpha value is -1.78. The van der Waals surface area contributed by atoms with E-state index < -0.39 is 0 Å². The largest absolute Gasteiger partial charge is 0.397 e. The molecule has 2 rings (SSSR count). The summed E-state index contributed by atoms with van der Waals surface area (Å²) in [5.74, 6) is 0.511. The molecule has 1 saturated carbocycles. The Kier molecular flexibility index (Phi) is 2.22. The van der Waals surface area contributed by atoms with Crippen LogP contribution in [0, 0.1) is 0 Å². The van der Waals surface area contributed by atoms with E-state index in [1.165, 1.54) is 6.20 Å². The zero-order valence-corrected chi connectivity index (χ0v) is 7.66. The van der Waals surface area contributed by atoms with Gasteiger partial charge in [-0.1, -0.05) is 0 Å². The van der Waals surface area contributed by atoms with Gasteiger partial charge in [-0.15, -0.1) is 0 Å². The van der Waals surface area contributed by atoms with E-state index in [1.54, 1.807) is 12.1 Å². The molecule has 0 bridgehead atoms. The summed E-state index contributed by atoms with van der Waals surface area (Å²) in [6.45, 7) is 0. The number of carbonyl (C=O) groups is 1. The second-order valence-electron chi connectivity index (χ2n) is 3.35. The van der Waals surface area contributed by atoms with Crippen molar-refractivity contribution in [1.29, 1.82) is 0 Å². The molecule has 1 aliphatic rings. The maximum Gasteiger partial charge on any atom is 0.320 e. The zero-order chi connectivity index (χ0) is 9.97. The Morgan fingerprint density at radius 3 is 2.86 bits per heavy atom. The van der Waals surface area contributed by atoms with Crippen molar-refractivity contribution in [2.45, 2.75) is 18.9 Å². The molecule has 1 aromatic rings. The lowest BCUT2D eigenvalue weighted by molar-refractivity contribution is 0.251. The number of pyridine rings is 1. The molecule has 1 aromatic heterocycles. The van der Waals surface area contributed by atoms with Crippen molar-refractivity contribution >= 4 is 17.5 Å². The molecule has 0 aliphatic heterocycles. The SMILES string of the molecule is Nc1ccc(NC(=O)NC2CC2)nc1. The maximum absolute atomic E-state index is 11.3. The molecule has 0 aromatic carbocycles. The molecule has 0 saturated heterocycles. The molecule has 1 fully saturated rings. The summed E-state index contributed by atoms with van der Waals surface area (Å²) in [5, 5.41) is 5.42. The molecule has 0 unspecified atom stereocenters. The third kappa shape index (κ3) is 2.35. The van der Waals surface area contributed by atoms with E-state index in [2.05, 4.69) is 15.6 Å². The van der Waals surface area contributed by atoms with Crippen LogP contribution in [0.1, 0.15) is 12.8 Å². The van der Waals surface area contributed by atoms with Crippen LogP contribution in [0.3, 0.4) is 0 Å². The molecular formula is C9H12N4O. The number of nitrogen functional groups attached to an aromatic ring is 1. The molecule has 74 valence electrons. The van der Waals surface area contributed by atoms with Crippen molar-refractivity contribution in [2.75, 3.05) is 11.1 Å². The second kappa shape index (κ2) is 3.53. The summed E-state index contributed by atoms with van der Waals surface area (Å²) in [6, 6.07) is 3.51. The number of nitrogens with one attached hydrogen (secondary N) is 2. The van der Waals surface area contributed by atoms with Crippen molar-refractivity contribution in [3.63, 3.8) is 0 Å². The number of hydrogen-bond donors (Lipinski definition) is 3. The van der Waals surface area contributed by atoms with E-state index >= 15 is 0 Å². The van der Waals surface area contributed by atoms with E-state index in [9.17, 15) is 4.79 Å². The highest BCUT2D eigenvalue weighted by Gasteiger charge is 2.23. The Labute approximate surface area is 81.7 Å². The van der Waals surface area contributed by atoms with Gasteiger partial charge in [0.25, 0.3) is 0 Å². The Morgan fingerprint density at radius 1 is 1.50 bits per heavy atom. The van der Waals surface area contributed by atoms with Crippen LogP contribution >= 0.6 is 0 Å². The summed E-state index contributed by atoms with van der Waals surface area (Å²) < 4.78 is 0. The monoisotopic (exact) mass is 192 g/mol. The third-order valence-electron chi connectivity index (χ3n) is 1.94. The molecular weight excluding hydrogens is 180 g/mol. The second-order valence-corrected chi connectivity index (χ2v) is 3.35. The van der Waals surface area contributed by atoms with E-state index in [4.69, 9.17) is 5.73 Å². The van der Waals surface area contributed by atoms with Gasteiger partial charge < -0.3 is 11.1 Å². The van der Waals surface area contributed by atoms with Crippen LogP contribution in [0.5, 0.6) is 0 Å². The van der Waals surface area contributed by atoms with E-state index in [0.717, 1.165) is 12.8 Å². The zero-order valence-electron chi connectivity index (χ0n) is 7.66. The average molecular weight is 192 g/mol. The Morgan fingerprint density at radius 2 is 2.29 bits per heavy atom. The molecule has 14 heavy (non-hydrogen) atoms. The summed E-state index contributed by atoms with van der Waals surface area (Å²) in [5.41, 5.74) is 6.04. The minimum atomic E-state index is -0.204. The Bertz CT molecular complexity index is 331. The predicted molar refractivity (Wildman–Crippen MR) is 53.8 cm³/mol. The number of amides is 2. The number of urea groups is 1. The minimum Gasteiger partial charge on any atom is -0.397 e. The van der Waals surface area contributed by atoms with Crippen LogP contribution in [-0.4, -0.2) is 17.1 Å². The van der Waals surface area contributed by atoms with Gasteiger partial charge >= 0.3 is 6.03 Å². The maximum atomic E-state index is 11.3. The number of hydrogen-bond acceptors (Lipinski definition) is 3. The quantitative estimate of drug-likeness (QED) is 0.652. The van der Waals surface area contributed by atoms with Gasteiger partial charge in [0.1, 0.15) is 5.82 Å². The van der Waals surface area contributed by atoms with Gasteiger partial charge in [0.05, 0.1) is 11.9 Å². The van der Waals surface area contributed by atoms with Crippen LogP contribution in [0.4, 0.5) is 16.3 Å². The number of rotatable bonds is 2. The molecule has 2 amide bonds. The Balaban J connectivity index is 1.89. The number of nitrogens with zero attached hydrogens (tertiary/aromatic N) is 1. The fourth-order valence-corrected chi connectivity index (χ4v) is 1.04.